The van der Waals surface area contributed by atoms with Crippen LogP contribution in [0.15, 0.2) is 34.9 Å². The van der Waals surface area contributed by atoms with Gasteiger partial charge in [-0.15, -0.1) is 0 Å². The van der Waals surface area contributed by atoms with Crippen molar-refractivity contribution >= 4 is 0 Å². The van der Waals surface area contributed by atoms with E-state index in [1.54, 1.807) is 12.1 Å². The molecule has 1 aliphatic carbocycles. The maximum atomic E-state index is 13.0. The summed E-state index contributed by atoms with van der Waals surface area (Å²) in [6.45, 7) is 4.65. The van der Waals surface area contributed by atoms with Gasteiger partial charge in [0, 0.05) is 17.7 Å². The van der Waals surface area contributed by atoms with Crippen LogP contribution in [0.3, 0.4) is 0 Å². The van der Waals surface area contributed by atoms with Gasteiger partial charge in [0.1, 0.15) is 5.82 Å². The van der Waals surface area contributed by atoms with Gasteiger partial charge in [-0.05, 0) is 62.5 Å². The first-order chi connectivity index (χ1) is 10.4. The van der Waals surface area contributed by atoms with Crippen molar-refractivity contribution in [2.75, 3.05) is 14.1 Å². The number of hydrogen-bond acceptors (Lipinski definition) is 3. The maximum Gasteiger partial charge on any atom is 0.167 e. The Labute approximate surface area is 131 Å². The quantitative estimate of drug-likeness (QED) is 0.855. The highest BCUT2D eigenvalue weighted by atomic mass is 19.1. The van der Waals surface area contributed by atoms with E-state index in [1.807, 2.05) is 6.07 Å². The molecule has 1 saturated carbocycles. The van der Waals surface area contributed by atoms with E-state index in [-0.39, 0.29) is 5.82 Å². The van der Waals surface area contributed by atoms with Crippen LogP contribution in [0.4, 0.5) is 4.39 Å². The molecule has 0 amide bonds. The van der Waals surface area contributed by atoms with Crippen LogP contribution in [0.2, 0.25) is 0 Å². The van der Waals surface area contributed by atoms with Gasteiger partial charge in [0.2, 0.25) is 0 Å². The summed E-state index contributed by atoms with van der Waals surface area (Å²) in [6, 6.07) is 8.92. The normalized spacial score (nSPS) is 23.5. The summed E-state index contributed by atoms with van der Waals surface area (Å²) in [5, 5.41) is 4.19. The van der Waals surface area contributed by atoms with Crippen LogP contribution in [0.5, 0.6) is 0 Å². The third-order valence-corrected chi connectivity index (χ3v) is 5.19. The van der Waals surface area contributed by atoms with Crippen LogP contribution in [-0.2, 0) is 6.42 Å². The molecule has 0 N–H and O–H groups in total. The van der Waals surface area contributed by atoms with Gasteiger partial charge < -0.3 is 9.42 Å². The molecule has 1 heterocycles. The highest BCUT2D eigenvalue weighted by molar-refractivity contribution is 5.57. The molecule has 0 aliphatic heterocycles. The molecular formula is C18H23FN2O. The van der Waals surface area contributed by atoms with Crippen LogP contribution in [0, 0.1) is 17.2 Å². The highest BCUT2D eigenvalue weighted by Gasteiger charge is 2.48. The number of nitrogens with zero attached hydrogens (tertiary/aromatic N) is 2. The molecule has 1 fully saturated rings. The predicted molar refractivity (Wildman–Crippen MR) is 85.0 cm³/mol. The summed E-state index contributed by atoms with van der Waals surface area (Å²) in [6.07, 6.45) is 2.13. The molecule has 2 atom stereocenters. The number of hydrogen-bond donors (Lipinski definition) is 0. The summed E-state index contributed by atoms with van der Waals surface area (Å²) in [4.78, 5) is 2.31. The van der Waals surface area contributed by atoms with Crippen molar-refractivity contribution in [3.8, 4) is 11.3 Å². The van der Waals surface area contributed by atoms with Gasteiger partial charge in [-0.25, -0.2) is 4.39 Å². The number of benzene rings is 1. The lowest BCUT2D eigenvalue weighted by Gasteiger charge is -2.55. The van der Waals surface area contributed by atoms with Crippen LogP contribution in [0.1, 0.15) is 26.0 Å². The van der Waals surface area contributed by atoms with Crippen molar-refractivity contribution in [1.82, 2.24) is 10.1 Å². The van der Waals surface area contributed by atoms with E-state index in [0.29, 0.717) is 23.1 Å². The van der Waals surface area contributed by atoms with Gasteiger partial charge >= 0.3 is 0 Å². The summed E-state index contributed by atoms with van der Waals surface area (Å²) < 4.78 is 18.4. The zero-order chi connectivity index (χ0) is 15.9. The van der Waals surface area contributed by atoms with Crippen molar-refractivity contribution in [1.29, 1.82) is 0 Å². The Hall–Kier alpha value is -1.68. The number of aromatic nitrogens is 1. The second-order valence-corrected chi connectivity index (χ2v) is 7.13. The molecule has 118 valence electrons. The molecular weight excluding hydrogens is 279 g/mol. The molecule has 0 bridgehead atoms. The number of halogens is 1. The van der Waals surface area contributed by atoms with Gasteiger partial charge in [0.05, 0.1) is 5.69 Å². The van der Waals surface area contributed by atoms with Crippen LogP contribution >= 0.6 is 0 Å². The molecule has 2 aromatic rings. The lowest BCUT2D eigenvalue weighted by atomic mass is 9.57. The fourth-order valence-corrected chi connectivity index (χ4v) is 3.62. The van der Waals surface area contributed by atoms with Crippen LogP contribution in [0.25, 0.3) is 11.3 Å². The first kappa shape index (κ1) is 15.2. The van der Waals surface area contributed by atoms with E-state index in [9.17, 15) is 4.39 Å². The molecule has 0 saturated heterocycles. The van der Waals surface area contributed by atoms with Crippen molar-refractivity contribution in [3.63, 3.8) is 0 Å². The zero-order valence-electron chi connectivity index (χ0n) is 13.6. The Morgan fingerprint density at radius 1 is 1.27 bits per heavy atom. The van der Waals surface area contributed by atoms with Crippen molar-refractivity contribution in [2.24, 2.45) is 11.3 Å². The smallest absolute Gasteiger partial charge is 0.167 e. The van der Waals surface area contributed by atoms with Gasteiger partial charge in [0.15, 0.2) is 5.76 Å². The van der Waals surface area contributed by atoms with E-state index >= 15 is 0 Å². The van der Waals surface area contributed by atoms with E-state index in [2.05, 4.69) is 38.0 Å². The fourth-order valence-electron chi connectivity index (χ4n) is 3.62. The molecule has 1 aromatic carbocycles. The molecule has 3 rings (SSSR count). The molecule has 1 aromatic heterocycles. The molecule has 0 radical (unpaired) electrons. The van der Waals surface area contributed by atoms with Crippen LogP contribution in [-0.4, -0.2) is 30.2 Å². The molecule has 4 heteroatoms. The largest absolute Gasteiger partial charge is 0.356 e. The van der Waals surface area contributed by atoms with Gasteiger partial charge in [0.25, 0.3) is 0 Å². The van der Waals surface area contributed by atoms with Crippen molar-refractivity contribution < 1.29 is 8.91 Å². The lowest BCUT2D eigenvalue weighted by molar-refractivity contribution is -0.0421. The average molecular weight is 302 g/mol. The Morgan fingerprint density at radius 3 is 2.55 bits per heavy atom. The second kappa shape index (κ2) is 5.51. The van der Waals surface area contributed by atoms with E-state index in [0.717, 1.165) is 17.7 Å². The van der Waals surface area contributed by atoms with Gasteiger partial charge in [-0.2, -0.15) is 0 Å². The minimum atomic E-state index is -0.241. The summed E-state index contributed by atoms with van der Waals surface area (Å²) >= 11 is 0. The minimum Gasteiger partial charge on any atom is -0.356 e. The van der Waals surface area contributed by atoms with Crippen LogP contribution < -0.4 is 0 Å². The maximum absolute atomic E-state index is 13.0. The Balaban J connectivity index is 1.69. The predicted octanol–water partition coefficient (Wildman–Crippen LogP) is 4.00. The topological polar surface area (TPSA) is 29.3 Å². The van der Waals surface area contributed by atoms with Crippen molar-refractivity contribution in [3.05, 3.63) is 41.8 Å². The van der Waals surface area contributed by atoms with E-state index < -0.39 is 0 Å². The zero-order valence-corrected chi connectivity index (χ0v) is 13.6. The average Bonchev–Trinajstić information content (AvgIpc) is 2.92. The number of rotatable bonds is 4. The third-order valence-electron chi connectivity index (χ3n) is 5.19. The fraction of sp³-hybridized carbons (Fsp3) is 0.500. The SMILES string of the molecule is CN(C)[C@H]1C[C@@H](Cc2cc(-c3ccc(F)cc3)on2)C1(C)C. The summed E-state index contributed by atoms with van der Waals surface area (Å²) in [7, 11) is 4.29. The molecule has 1 aliphatic rings. The Kier molecular flexibility index (Phi) is 3.81. The second-order valence-electron chi connectivity index (χ2n) is 7.13. The summed E-state index contributed by atoms with van der Waals surface area (Å²) in [5.74, 6) is 1.08. The Bertz CT molecular complexity index is 645. The van der Waals surface area contributed by atoms with E-state index in [1.165, 1.54) is 18.6 Å². The molecule has 0 unspecified atom stereocenters. The van der Waals surface area contributed by atoms with Gasteiger partial charge in [-0.3, -0.25) is 0 Å². The van der Waals surface area contributed by atoms with Gasteiger partial charge in [-0.1, -0.05) is 19.0 Å². The molecule has 0 spiro atoms. The standard InChI is InChI=1S/C18H23FN2O/c1-18(2)13(10-17(18)21(3)4)9-15-11-16(22-20-15)12-5-7-14(19)8-6-12/h5-8,11,13,17H,9-10H2,1-4H3/t13-,17+/m1/s1. The monoisotopic (exact) mass is 302 g/mol. The third kappa shape index (κ3) is 2.68. The minimum absolute atomic E-state index is 0.241. The van der Waals surface area contributed by atoms with E-state index in [4.69, 9.17) is 4.52 Å². The molecule has 22 heavy (non-hydrogen) atoms. The van der Waals surface area contributed by atoms with Crippen molar-refractivity contribution in [2.45, 2.75) is 32.7 Å². The Morgan fingerprint density at radius 2 is 1.95 bits per heavy atom. The molecule has 3 nitrogen and oxygen atoms in total. The lowest BCUT2D eigenvalue weighted by Crippen LogP contribution is -2.56. The highest BCUT2D eigenvalue weighted by Crippen LogP contribution is 2.49. The first-order valence-electron chi connectivity index (χ1n) is 7.76. The summed E-state index contributed by atoms with van der Waals surface area (Å²) in [5.41, 5.74) is 2.13. The first-order valence-corrected chi connectivity index (χ1v) is 7.76.